The summed E-state index contributed by atoms with van der Waals surface area (Å²) in [4.78, 5) is 12.8. The van der Waals surface area contributed by atoms with Gasteiger partial charge in [0.2, 0.25) is 0 Å². The number of halogens is 1. The number of para-hydroxylation sites is 3. The third-order valence-electron chi connectivity index (χ3n) is 7.95. The number of amidine groups is 2. The van der Waals surface area contributed by atoms with Crippen LogP contribution in [-0.4, -0.2) is 23.5 Å². The molecule has 1 N–H and O–H groups in total. The number of hydrogen-bond donors (Lipinski definition) is 1. The second kappa shape index (κ2) is 10.7. The third-order valence-corrected chi connectivity index (χ3v) is 8.37. The van der Waals surface area contributed by atoms with Crippen molar-refractivity contribution < 1.29 is 4.42 Å². The van der Waals surface area contributed by atoms with Gasteiger partial charge in [0.1, 0.15) is 11.8 Å². The maximum Gasteiger partial charge on any atom is 0.174 e. The van der Waals surface area contributed by atoms with Crippen LogP contribution in [-0.2, 0) is 6.42 Å². The van der Waals surface area contributed by atoms with Gasteiger partial charge in [-0.15, -0.1) is 0 Å². The number of fused-ring (bicyclic) bond motifs is 4. The normalized spacial score (nSPS) is 21.0. The van der Waals surface area contributed by atoms with Gasteiger partial charge >= 0.3 is 0 Å². The van der Waals surface area contributed by atoms with Crippen molar-refractivity contribution in [3.63, 3.8) is 0 Å². The molecule has 3 aromatic carbocycles. The molecule has 3 atom stereocenters. The molecule has 41 heavy (non-hydrogen) atoms. The second-order valence-electron chi connectivity index (χ2n) is 10.6. The van der Waals surface area contributed by atoms with E-state index < -0.39 is 0 Å². The maximum absolute atomic E-state index is 6.27. The lowest BCUT2D eigenvalue weighted by atomic mass is 9.86. The van der Waals surface area contributed by atoms with E-state index in [1.807, 2.05) is 47.5 Å². The number of unbranched alkanes of at least 4 members (excludes halogenated alkanes) is 1. The first-order valence-electron chi connectivity index (χ1n) is 14.2. The number of benzene rings is 3. The molecule has 0 unspecified atom stereocenters. The van der Waals surface area contributed by atoms with Crippen LogP contribution in [0.3, 0.4) is 0 Å². The van der Waals surface area contributed by atoms with E-state index in [-0.39, 0.29) is 18.1 Å². The van der Waals surface area contributed by atoms with Crippen molar-refractivity contribution in [1.29, 1.82) is 0 Å². The van der Waals surface area contributed by atoms with E-state index in [0.29, 0.717) is 10.5 Å². The van der Waals surface area contributed by atoms with Crippen LogP contribution in [0.5, 0.6) is 0 Å². The Kier molecular flexibility index (Phi) is 6.71. The molecule has 0 saturated carbocycles. The van der Waals surface area contributed by atoms with Crippen LogP contribution in [0.15, 0.2) is 115 Å². The van der Waals surface area contributed by atoms with E-state index >= 15 is 0 Å². The van der Waals surface area contributed by atoms with E-state index in [0.717, 1.165) is 46.5 Å². The second-order valence-corrected chi connectivity index (χ2v) is 11.4. The fourth-order valence-electron chi connectivity index (χ4n) is 5.98. The van der Waals surface area contributed by atoms with E-state index in [9.17, 15) is 0 Å². The van der Waals surface area contributed by atoms with Crippen LogP contribution in [0.4, 0.5) is 22.7 Å². The molecule has 0 bridgehead atoms. The number of aryl methyl sites for hydroxylation is 1. The number of furan rings is 1. The number of anilines is 3. The van der Waals surface area contributed by atoms with Gasteiger partial charge < -0.3 is 14.6 Å². The summed E-state index contributed by atoms with van der Waals surface area (Å²) < 4.78 is 6.97. The number of aliphatic imine (C=N–C) groups is 2. The van der Waals surface area contributed by atoms with Crippen molar-refractivity contribution in [2.75, 3.05) is 15.2 Å². The zero-order valence-electron chi connectivity index (χ0n) is 23.0. The summed E-state index contributed by atoms with van der Waals surface area (Å²) in [6.45, 7) is 4.32. The zero-order chi connectivity index (χ0) is 27.9. The van der Waals surface area contributed by atoms with Crippen molar-refractivity contribution in [3.05, 3.63) is 107 Å². The Morgan fingerprint density at radius 2 is 1.71 bits per heavy atom. The average molecular weight is 608 g/mol. The lowest BCUT2D eigenvalue weighted by Crippen LogP contribution is -2.54. The Morgan fingerprint density at radius 3 is 2.46 bits per heavy atom. The smallest absolute Gasteiger partial charge is 0.174 e. The SMILES string of the molecule is CCCCc1ccc(NC2=Nc3ccccc3N3C2=N[C@@H]2[C@H](C(C)=NN2c2ccccc2)[C@H]3c2ccc(Br)o2)cc1. The predicted molar refractivity (Wildman–Crippen MR) is 171 cm³/mol. The molecule has 7 rings (SSSR count). The molecule has 4 heterocycles. The first kappa shape index (κ1) is 25.8. The highest BCUT2D eigenvalue weighted by Gasteiger charge is 2.51. The third kappa shape index (κ3) is 4.66. The molecule has 0 amide bonds. The molecule has 4 aromatic rings. The van der Waals surface area contributed by atoms with Crippen molar-refractivity contribution in [2.45, 2.75) is 45.3 Å². The molecular formula is C33H31BrN6O. The van der Waals surface area contributed by atoms with Gasteiger partial charge in [0.05, 0.1) is 23.0 Å². The highest BCUT2D eigenvalue weighted by Crippen LogP contribution is 2.49. The lowest BCUT2D eigenvalue weighted by Gasteiger charge is -2.45. The molecule has 0 radical (unpaired) electrons. The van der Waals surface area contributed by atoms with Gasteiger partial charge in [-0.05, 0) is 89.8 Å². The van der Waals surface area contributed by atoms with Crippen LogP contribution >= 0.6 is 15.9 Å². The number of nitrogens with zero attached hydrogens (tertiary/aromatic N) is 5. The molecule has 0 fully saturated rings. The first-order chi connectivity index (χ1) is 20.1. The highest BCUT2D eigenvalue weighted by molar-refractivity contribution is 9.10. The Hall–Kier alpha value is -4.17. The zero-order valence-corrected chi connectivity index (χ0v) is 24.6. The molecule has 1 aromatic heterocycles. The summed E-state index contributed by atoms with van der Waals surface area (Å²) in [6.07, 6.45) is 3.20. The van der Waals surface area contributed by atoms with Crippen LogP contribution in [0, 0.1) is 5.92 Å². The van der Waals surface area contributed by atoms with Gasteiger partial charge in [0, 0.05) is 11.4 Å². The fraction of sp³-hybridized carbons (Fsp3) is 0.242. The average Bonchev–Trinajstić information content (AvgIpc) is 3.59. The molecular weight excluding hydrogens is 576 g/mol. The van der Waals surface area contributed by atoms with Crippen molar-refractivity contribution in [2.24, 2.45) is 21.0 Å². The Labute approximate surface area is 248 Å². The summed E-state index contributed by atoms with van der Waals surface area (Å²) in [5.74, 6) is 2.28. The molecule has 7 nitrogen and oxygen atoms in total. The van der Waals surface area contributed by atoms with Gasteiger partial charge in [-0.1, -0.05) is 55.8 Å². The Balaban J connectivity index is 1.36. The van der Waals surface area contributed by atoms with Crippen molar-refractivity contribution >= 4 is 56.1 Å². The molecule has 0 aliphatic carbocycles. The van der Waals surface area contributed by atoms with Gasteiger partial charge in [-0.2, -0.15) is 5.10 Å². The van der Waals surface area contributed by atoms with E-state index in [1.54, 1.807) is 0 Å². The molecule has 0 spiro atoms. The number of hydrazone groups is 1. The van der Waals surface area contributed by atoms with E-state index in [4.69, 9.17) is 19.5 Å². The first-order valence-corrected chi connectivity index (χ1v) is 15.0. The molecule has 3 aliphatic rings. The Morgan fingerprint density at radius 1 is 0.927 bits per heavy atom. The summed E-state index contributed by atoms with van der Waals surface area (Å²) >= 11 is 3.54. The Bertz CT molecular complexity index is 1660. The van der Waals surface area contributed by atoms with Crippen LogP contribution < -0.4 is 15.2 Å². The quantitative estimate of drug-likeness (QED) is 0.239. The van der Waals surface area contributed by atoms with Gasteiger partial charge in [-0.3, -0.25) is 0 Å². The van der Waals surface area contributed by atoms with Crippen molar-refractivity contribution in [3.8, 4) is 0 Å². The number of nitrogens with one attached hydrogen (secondary N) is 1. The van der Waals surface area contributed by atoms with Crippen LogP contribution in [0.25, 0.3) is 0 Å². The molecule has 3 aliphatic heterocycles. The van der Waals surface area contributed by atoms with Gasteiger partial charge in [-0.25, -0.2) is 15.0 Å². The van der Waals surface area contributed by atoms with Crippen LogP contribution in [0.1, 0.15) is 44.1 Å². The monoisotopic (exact) mass is 606 g/mol. The topological polar surface area (TPSA) is 68.7 Å². The van der Waals surface area contributed by atoms with Crippen LogP contribution in [0.2, 0.25) is 0 Å². The largest absolute Gasteiger partial charge is 0.452 e. The molecule has 8 heteroatoms. The van der Waals surface area contributed by atoms with Gasteiger partial charge in [0.25, 0.3) is 0 Å². The molecule has 0 saturated heterocycles. The minimum atomic E-state index is -0.258. The van der Waals surface area contributed by atoms with Crippen molar-refractivity contribution in [1.82, 2.24) is 0 Å². The maximum atomic E-state index is 6.27. The highest BCUT2D eigenvalue weighted by atomic mass is 79.9. The van der Waals surface area contributed by atoms with E-state index in [2.05, 4.69) is 88.5 Å². The number of hydrogen-bond acceptors (Lipinski definition) is 7. The molecule has 206 valence electrons. The fourth-order valence-corrected chi connectivity index (χ4v) is 6.30. The summed E-state index contributed by atoms with van der Waals surface area (Å²) in [5, 5.41) is 10.7. The lowest BCUT2D eigenvalue weighted by molar-refractivity contribution is 0.371. The minimum Gasteiger partial charge on any atom is -0.452 e. The predicted octanol–water partition coefficient (Wildman–Crippen LogP) is 8.34. The number of rotatable bonds is 6. The van der Waals surface area contributed by atoms with Gasteiger partial charge in [0.15, 0.2) is 22.5 Å². The minimum absolute atomic E-state index is 0.0396. The standard InChI is InChI=1S/C33H31BrN6O/c1-3-4-10-22-15-17-23(18-16-22)35-31-33-37-32-29(21(2)38-40(32)24-11-6-5-7-12-24)30(27-19-20-28(34)41-27)39(33)26-14-9-8-13-25(26)36-31/h5-9,11-20,29-30,32H,3-4,10H2,1-2H3,(H,35,36)/t29-,30-,32+/m1/s1. The summed E-state index contributed by atoms with van der Waals surface area (Å²) in [5.41, 5.74) is 6.21. The summed E-state index contributed by atoms with van der Waals surface area (Å²) in [6, 6.07) is 30.9. The summed E-state index contributed by atoms with van der Waals surface area (Å²) in [7, 11) is 0. The van der Waals surface area contributed by atoms with E-state index in [1.165, 1.54) is 18.4 Å².